The summed E-state index contributed by atoms with van der Waals surface area (Å²) in [7, 11) is 1.90. The predicted octanol–water partition coefficient (Wildman–Crippen LogP) is 3.72. The third-order valence-corrected chi connectivity index (χ3v) is 4.58. The van der Waals surface area contributed by atoms with Crippen LogP contribution in [0, 0.1) is 10.5 Å². The van der Waals surface area contributed by atoms with E-state index in [0.717, 1.165) is 32.9 Å². The van der Waals surface area contributed by atoms with Crippen molar-refractivity contribution in [2.75, 3.05) is 12.4 Å². The number of anilines is 1. The molecule has 0 fully saturated rings. The lowest BCUT2D eigenvalue weighted by Gasteiger charge is -2.09. The summed E-state index contributed by atoms with van der Waals surface area (Å²) in [5.41, 5.74) is 3.48. The first-order valence-corrected chi connectivity index (χ1v) is 7.46. The fourth-order valence-corrected chi connectivity index (χ4v) is 3.32. The molecule has 1 N–H and O–H groups in total. The zero-order chi connectivity index (χ0) is 12.4. The lowest BCUT2D eigenvalue weighted by molar-refractivity contribution is 0.989. The average Bonchev–Trinajstić information content (AvgIpc) is 2.76. The standard InChI is InChI=1S/C12H14IN3S/c1-4-9-10(13)12(14-3)16-11(15-9)8-6-17-5-7(8)2/h5-6H,4H2,1-3H3,(H,14,15,16). The maximum atomic E-state index is 4.65. The van der Waals surface area contributed by atoms with E-state index in [1.165, 1.54) is 5.56 Å². The van der Waals surface area contributed by atoms with E-state index in [-0.39, 0.29) is 0 Å². The van der Waals surface area contributed by atoms with Crippen molar-refractivity contribution in [2.45, 2.75) is 20.3 Å². The number of rotatable bonds is 3. The lowest BCUT2D eigenvalue weighted by Crippen LogP contribution is -2.04. The molecule has 0 atom stereocenters. The summed E-state index contributed by atoms with van der Waals surface area (Å²) in [6.45, 7) is 4.21. The molecule has 90 valence electrons. The Bertz CT molecular complexity index is 511. The Morgan fingerprint density at radius 3 is 2.65 bits per heavy atom. The molecule has 0 spiro atoms. The van der Waals surface area contributed by atoms with E-state index in [0.29, 0.717) is 0 Å². The van der Waals surface area contributed by atoms with Gasteiger partial charge in [-0.15, -0.1) is 0 Å². The minimum atomic E-state index is 0.824. The smallest absolute Gasteiger partial charge is 0.162 e. The van der Waals surface area contributed by atoms with Crippen molar-refractivity contribution >= 4 is 39.7 Å². The average molecular weight is 359 g/mol. The molecule has 0 aliphatic heterocycles. The molecule has 2 rings (SSSR count). The number of nitrogens with zero attached hydrogens (tertiary/aromatic N) is 2. The van der Waals surface area contributed by atoms with Crippen molar-refractivity contribution in [3.63, 3.8) is 0 Å². The zero-order valence-corrected chi connectivity index (χ0v) is 13.0. The van der Waals surface area contributed by atoms with Crippen LogP contribution in [0.3, 0.4) is 0 Å². The van der Waals surface area contributed by atoms with Crippen LogP contribution in [0.1, 0.15) is 18.2 Å². The van der Waals surface area contributed by atoms with Crippen molar-refractivity contribution < 1.29 is 0 Å². The van der Waals surface area contributed by atoms with Crippen molar-refractivity contribution in [1.29, 1.82) is 0 Å². The van der Waals surface area contributed by atoms with E-state index in [1.54, 1.807) is 11.3 Å². The van der Waals surface area contributed by atoms with E-state index in [2.05, 4.69) is 62.5 Å². The van der Waals surface area contributed by atoms with Gasteiger partial charge in [0.1, 0.15) is 5.82 Å². The summed E-state index contributed by atoms with van der Waals surface area (Å²) in [6, 6.07) is 0. The molecule has 2 aromatic heterocycles. The highest BCUT2D eigenvalue weighted by atomic mass is 127. The minimum Gasteiger partial charge on any atom is -0.372 e. The van der Waals surface area contributed by atoms with Gasteiger partial charge in [-0.05, 0) is 46.9 Å². The Labute approximate surface area is 119 Å². The van der Waals surface area contributed by atoms with Crippen molar-refractivity contribution in [2.24, 2.45) is 0 Å². The van der Waals surface area contributed by atoms with Gasteiger partial charge in [-0.2, -0.15) is 11.3 Å². The van der Waals surface area contributed by atoms with Gasteiger partial charge in [-0.1, -0.05) is 6.92 Å². The summed E-state index contributed by atoms with van der Waals surface area (Å²) in [5, 5.41) is 7.37. The predicted molar refractivity (Wildman–Crippen MR) is 81.7 cm³/mol. The molecule has 2 aromatic rings. The first-order chi connectivity index (χ1) is 8.17. The van der Waals surface area contributed by atoms with Gasteiger partial charge < -0.3 is 5.32 Å². The monoisotopic (exact) mass is 359 g/mol. The number of nitrogens with one attached hydrogen (secondary N) is 1. The molecule has 0 saturated carbocycles. The molecule has 0 saturated heterocycles. The maximum Gasteiger partial charge on any atom is 0.162 e. The van der Waals surface area contributed by atoms with Gasteiger partial charge in [-0.25, -0.2) is 9.97 Å². The molecule has 0 amide bonds. The van der Waals surface area contributed by atoms with E-state index >= 15 is 0 Å². The van der Waals surface area contributed by atoms with Crippen LogP contribution in [0.5, 0.6) is 0 Å². The Kier molecular flexibility index (Phi) is 3.98. The molecule has 0 radical (unpaired) electrons. The Hall–Kier alpha value is -0.690. The van der Waals surface area contributed by atoms with Gasteiger partial charge >= 0.3 is 0 Å². The van der Waals surface area contributed by atoms with Crippen LogP contribution in [-0.2, 0) is 6.42 Å². The summed E-state index contributed by atoms with van der Waals surface area (Å²) < 4.78 is 1.12. The van der Waals surface area contributed by atoms with Gasteiger partial charge in [0.05, 0.1) is 9.26 Å². The van der Waals surface area contributed by atoms with Crippen LogP contribution >= 0.6 is 33.9 Å². The van der Waals surface area contributed by atoms with Gasteiger partial charge in [0.2, 0.25) is 0 Å². The number of aryl methyl sites for hydroxylation is 2. The quantitative estimate of drug-likeness (QED) is 0.849. The normalized spacial score (nSPS) is 10.6. The summed E-state index contributed by atoms with van der Waals surface area (Å²) in [6.07, 6.45) is 0.922. The first-order valence-electron chi connectivity index (χ1n) is 5.44. The molecule has 17 heavy (non-hydrogen) atoms. The lowest BCUT2D eigenvalue weighted by atomic mass is 10.2. The molecule has 0 unspecified atom stereocenters. The highest BCUT2D eigenvalue weighted by Gasteiger charge is 2.13. The van der Waals surface area contributed by atoms with Crippen molar-refractivity contribution in [1.82, 2.24) is 9.97 Å². The molecule has 0 aromatic carbocycles. The second-order valence-corrected chi connectivity index (χ2v) is 5.55. The molecule has 3 nitrogen and oxygen atoms in total. The fraction of sp³-hybridized carbons (Fsp3) is 0.333. The van der Waals surface area contributed by atoms with Crippen molar-refractivity contribution in [3.05, 3.63) is 25.6 Å². The molecule has 5 heteroatoms. The Morgan fingerprint density at radius 2 is 2.12 bits per heavy atom. The van der Waals surface area contributed by atoms with Crippen LogP contribution in [0.25, 0.3) is 11.4 Å². The SMILES string of the molecule is CCc1nc(-c2cscc2C)nc(NC)c1I. The summed E-state index contributed by atoms with van der Waals surface area (Å²) in [4.78, 5) is 9.23. The van der Waals surface area contributed by atoms with E-state index < -0.39 is 0 Å². The molecule has 0 aliphatic rings. The number of hydrogen-bond donors (Lipinski definition) is 1. The van der Waals surface area contributed by atoms with Gasteiger partial charge in [0.25, 0.3) is 0 Å². The van der Waals surface area contributed by atoms with Crippen LogP contribution in [0.4, 0.5) is 5.82 Å². The van der Waals surface area contributed by atoms with E-state index in [9.17, 15) is 0 Å². The summed E-state index contributed by atoms with van der Waals surface area (Å²) in [5.74, 6) is 1.74. The molecule has 2 heterocycles. The topological polar surface area (TPSA) is 37.8 Å². The highest BCUT2D eigenvalue weighted by molar-refractivity contribution is 14.1. The van der Waals surface area contributed by atoms with E-state index in [4.69, 9.17) is 0 Å². The second kappa shape index (κ2) is 5.30. The van der Waals surface area contributed by atoms with E-state index in [1.807, 2.05) is 7.05 Å². The third kappa shape index (κ3) is 2.44. The number of thiophene rings is 1. The van der Waals surface area contributed by atoms with Crippen LogP contribution in [-0.4, -0.2) is 17.0 Å². The molecule has 0 bridgehead atoms. The fourth-order valence-electron chi connectivity index (χ4n) is 1.60. The highest BCUT2D eigenvalue weighted by Crippen LogP contribution is 2.28. The third-order valence-electron chi connectivity index (χ3n) is 2.59. The number of hydrogen-bond acceptors (Lipinski definition) is 4. The first kappa shape index (κ1) is 12.8. The molecule has 0 aliphatic carbocycles. The Morgan fingerprint density at radius 1 is 1.35 bits per heavy atom. The van der Waals surface area contributed by atoms with Gasteiger partial charge in [-0.3, -0.25) is 0 Å². The maximum absolute atomic E-state index is 4.65. The van der Waals surface area contributed by atoms with Crippen LogP contribution < -0.4 is 5.32 Å². The molecular formula is C12H14IN3S. The number of halogens is 1. The zero-order valence-electron chi connectivity index (χ0n) is 10.0. The summed E-state index contributed by atoms with van der Waals surface area (Å²) >= 11 is 3.99. The number of aromatic nitrogens is 2. The second-order valence-electron chi connectivity index (χ2n) is 3.73. The van der Waals surface area contributed by atoms with Crippen molar-refractivity contribution in [3.8, 4) is 11.4 Å². The van der Waals surface area contributed by atoms with Gasteiger partial charge in [0, 0.05) is 18.0 Å². The van der Waals surface area contributed by atoms with Crippen LogP contribution in [0.15, 0.2) is 10.8 Å². The Balaban J connectivity index is 2.60. The molecular weight excluding hydrogens is 345 g/mol. The minimum absolute atomic E-state index is 0.824. The van der Waals surface area contributed by atoms with Crippen LogP contribution in [0.2, 0.25) is 0 Å². The van der Waals surface area contributed by atoms with Gasteiger partial charge in [0.15, 0.2) is 5.82 Å². The largest absolute Gasteiger partial charge is 0.372 e.